The number of nitrogens with two attached hydrogens (primary N) is 6. The molecule has 0 spiro atoms. The summed E-state index contributed by atoms with van der Waals surface area (Å²) in [6.45, 7) is 1.31. The van der Waals surface area contributed by atoms with Crippen LogP contribution in [0.2, 0.25) is 0 Å². The van der Waals surface area contributed by atoms with Crippen molar-refractivity contribution in [2.75, 3.05) is 25.6 Å². The molecule has 0 saturated heterocycles. The van der Waals surface area contributed by atoms with Crippen molar-refractivity contribution in [3.8, 4) is 0 Å². The van der Waals surface area contributed by atoms with E-state index in [9.17, 15) is 19.2 Å². The minimum absolute atomic E-state index is 0. The highest BCUT2D eigenvalue weighted by Gasteiger charge is 2.18. The van der Waals surface area contributed by atoms with Crippen molar-refractivity contribution in [1.29, 1.82) is 0 Å². The fraction of sp³-hybridized carbons (Fsp3) is 0.286. The first kappa shape index (κ1) is 28.2. The molecule has 13 N–H and O–H groups in total. The highest BCUT2D eigenvalue weighted by atomic mass is 16.2. The third-order valence-electron chi connectivity index (χ3n) is 2.92. The molecule has 2 heterocycles. The Hall–Kier alpha value is -4.02. The molecule has 0 aromatic carbocycles. The number of nitrogens with one attached hydrogen (secondary N) is 1. The first-order chi connectivity index (χ1) is 13.4. The van der Waals surface area contributed by atoms with Crippen LogP contribution in [0.4, 0.5) is 16.4 Å². The van der Waals surface area contributed by atoms with Crippen LogP contribution in [0, 0.1) is 0 Å². The van der Waals surface area contributed by atoms with Crippen molar-refractivity contribution < 1.29 is 19.2 Å². The second-order valence-corrected chi connectivity index (χ2v) is 5.13. The fourth-order valence-corrected chi connectivity index (χ4v) is 1.67. The van der Waals surface area contributed by atoms with E-state index in [4.69, 9.17) is 28.8 Å². The van der Waals surface area contributed by atoms with Crippen LogP contribution in [0.1, 0.15) is 40.1 Å². The smallest absolute Gasteiger partial charge is 0.344 e. The summed E-state index contributed by atoms with van der Waals surface area (Å²) in [6, 6.07) is -0.609. The Labute approximate surface area is 172 Å². The number of hydrogen-bond acceptors (Lipinski definition) is 11. The van der Waals surface area contributed by atoms with E-state index in [1.807, 2.05) is 0 Å². The van der Waals surface area contributed by atoms with E-state index in [2.05, 4.69) is 21.2 Å². The second kappa shape index (κ2) is 12.4. The zero-order valence-electron chi connectivity index (χ0n) is 16.0. The number of carbonyl (C=O) groups is 4. The highest BCUT2D eigenvalue weighted by Crippen LogP contribution is 2.09. The summed E-state index contributed by atoms with van der Waals surface area (Å²) in [5.41, 5.74) is 22.7. The molecule has 3 amide bonds. The molecule has 168 valence electrons. The van der Waals surface area contributed by atoms with Crippen molar-refractivity contribution in [2.45, 2.75) is 14.4 Å². The molecule has 0 unspecified atom stereocenters. The van der Waals surface area contributed by atoms with E-state index in [1.165, 1.54) is 14.0 Å². The van der Waals surface area contributed by atoms with Gasteiger partial charge in [0.2, 0.25) is 5.91 Å². The van der Waals surface area contributed by atoms with Gasteiger partial charge in [0.1, 0.15) is 24.3 Å². The molecule has 0 bridgehead atoms. The van der Waals surface area contributed by atoms with Crippen molar-refractivity contribution in [1.82, 2.24) is 29.5 Å². The second-order valence-electron chi connectivity index (χ2n) is 5.13. The molecule has 0 saturated carbocycles. The van der Waals surface area contributed by atoms with Crippen LogP contribution >= 0.6 is 0 Å². The van der Waals surface area contributed by atoms with Gasteiger partial charge in [-0.05, 0) is 7.05 Å². The van der Waals surface area contributed by atoms with E-state index >= 15 is 0 Å². The van der Waals surface area contributed by atoms with Crippen molar-refractivity contribution >= 4 is 35.4 Å². The molecule has 0 radical (unpaired) electrons. The quantitative estimate of drug-likeness (QED) is 0.146. The summed E-state index contributed by atoms with van der Waals surface area (Å²) in [7, 11) is 2.99. The van der Waals surface area contributed by atoms with Gasteiger partial charge >= 0.3 is 6.03 Å². The number of nitrogens with zero attached hydrogens (tertiary/aromatic N) is 5. The number of aromatic nitrogens is 4. The Morgan fingerprint density at radius 2 is 1.30 bits per heavy atom. The lowest BCUT2D eigenvalue weighted by Crippen LogP contribution is -2.37. The standard InChI is InChI=1S/C6H10N6O2.C6H8N4O2.CH6N2.CH4/c1-11(9)6(14)12-2-10-3(4(12)7)5(8)13;1-3(11)10-2-9-4(5(10)7)6(8)12;1-3-2;/h2H,7,9H2,1H3,(H2,8,13);2H,7H2,1H3,(H2,8,12);3H,2H2,1H3;1H4. The number of hydrogen-bond donors (Lipinski definition) is 7. The van der Waals surface area contributed by atoms with Crippen LogP contribution in [0.3, 0.4) is 0 Å². The molecule has 30 heavy (non-hydrogen) atoms. The first-order valence-corrected chi connectivity index (χ1v) is 7.56. The SMILES string of the molecule is C.CC(=O)n1cnc(C(N)=O)c1N.CN(N)C(=O)n1cnc(C(N)=O)c1N.CNN. The number of carbonyl (C=O) groups excluding carboxylic acids is 4. The zero-order valence-corrected chi connectivity index (χ0v) is 16.0. The van der Waals surface area contributed by atoms with E-state index in [-0.39, 0.29) is 36.4 Å². The van der Waals surface area contributed by atoms with Gasteiger partial charge in [-0.1, -0.05) is 7.43 Å². The number of hydrazine groups is 2. The molecule has 0 aliphatic carbocycles. The van der Waals surface area contributed by atoms with Crippen LogP contribution in [0.25, 0.3) is 0 Å². The predicted octanol–water partition coefficient (Wildman–Crippen LogP) is -2.72. The van der Waals surface area contributed by atoms with Gasteiger partial charge < -0.3 is 22.9 Å². The van der Waals surface area contributed by atoms with Crippen molar-refractivity contribution in [3.63, 3.8) is 0 Å². The molecule has 2 rings (SSSR count). The lowest BCUT2D eigenvalue weighted by atomic mass is 10.4. The summed E-state index contributed by atoms with van der Waals surface area (Å²) < 4.78 is 1.99. The zero-order chi connectivity index (χ0) is 22.9. The molecule has 2 aromatic heterocycles. The topological polar surface area (TPSA) is 275 Å². The molecule has 0 atom stereocenters. The Morgan fingerprint density at radius 1 is 0.967 bits per heavy atom. The van der Waals surface area contributed by atoms with Crippen LogP contribution in [0.5, 0.6) is 0 Å². The van der Waals surface area contributed by atoms with Gasteiger partial charge in [-0.2, -0.15) is 0 Å². The maximum absolute atomic E-state index is 11.3. The molecular weight excluding hydrogens is 400 g/mol. The van der Waals surface area contributed by atoms with Gasteiger partial charge in [-0.25, -0.2) is 25.2 Å². The minimum atomic E-state index is -0.797. The number of anilines is 2. The molecular formula is C14H28N12O4. The Balaban J connectivity index is 0. The van der Waals surface area contributed by atoms with E-state index < -0.39 is 17.8 Å². The summed E-state index contributed by atoms with van der Waals surface area (Å²) in [5.74, 6) is 7.79. The fourth-order valence-electron chi connectivity index (χ4n) is 1.67. The summed E-state index contributed by atoms with van der Waals surface area (Å²) in [4.78, 5) is 50.6. The molecule has 16 nitrogen and oxygen atoms in total. The van der Waals surface area contributed by atoms with E-state index in [1.54, 1.807) is 7.05 Å². The van der Waals surface area contributed by atoms with E-state index in [0.717, 1.165) is 26.8 Å². The Morgan fingerprint density at radius 3 is 1.53 bits per heavy atom. The van der Waals surface area contributed by atoms with Crippen LogP contribution in [0.15, 0.2) is 12.7 Å². The number of nitrogen functional groups attached to an aromatic ring is 2. The molecule has 2 aromatic rings. The molecule has 0 aliphatic rings. The van der Waals surface area contributed by atoms with Crippen molar-refractivity contribution in [2.24, 2.45) is 23.2 Å². The summed E-state index contributed by atoms with van der Waals surface area (Å²) in [6.07, 6.45) is 2.25. The third-order valence-corrected chi connectivity index (χ3v) is 2.92. The highest BCUT2D eigenvalue weighted by molar-refractivity contribution is 5.97. The lowest BCUT2D eigenvalue weighted by Gasteiger charge is -2.10. The maximum Gasteiger partial charge on any atom is 0.344 e. The van der Waals surface area contributed by atoms with Gasteiger partial charge in [-0.15, -0.1) is 0 Å². The minimum Gasteiger partial charge on any atom is -0.383 e. The Kier molecular flexibility index (Phi) is 11.7. The van der Waals surface area contributed by atoms with Gasteiger partial charge in [0.05, 0.1) is 0 Å². The maximum atomic E-state index is 11.3. The van der Waals surface area contributed by atoms with Crippen molar-refractivity contribution in [3.05, 3.63) is 24.0 Å². The van der Waals surface area contributed by atoms with Crippen LogP contribution in [-0.2, 0) is 0 Å². The van der Waals surface area contributed by atoms with Gasteiger partial charge in [-0.3, -0.25) is 35.2 Å². The average Bonchev–Trinajstić information content (AvgIpc) is 3.18. The normalized spacial score (nSPS) is 9.10. The Bertz CT molecular complexity index is 854. The molecule has 16 heteroatoms. The number of primary amides is 2. The molecule has 0 aliphatic heterocycles. The van der Waals surface area contributed by atoms with Crippen LogP contribution in [-0.4, -0.2) is 62.0 Å². The van der Waals surface area contributed by atoms with Gasteiger partial charge in [0.15, 0.2) is 11.4 Å². The lowest BCUT2D eigenvalue weighted by molar-refractivity contribution is 0.0937. The summed E-state index contributed by atoms with van der Waals surface area (Å²) >= 11 is 0. The average molecular weight is 428 g/mol. The summed E-state index contributed by atoms with van der Waals surface area (Å²) in [5, 5.41) is 0.808. The number of rotatable bonds is 2. The third kappa shape index (κ3) is 7.19. The van der Waals surface area contributed by atoms with E-state index in [0.29, 0.717) is 0 Å². The van der Waals surface area contributed by atoms with Gasteiger partial charge in [0, 0.05) is 14.0 Å². The number of amides is 3. The largest absolute Gasteiger partial charge is 0.383 e. The predicted molar refractivity (Wildman–Crippen MR) is 109 cm³/mol. The first-order valence-electron chi connectivity index (χ1n) is 7.56. The number of imidazole rings is 2. The van der Waals surface area contributed by atoms with Gasteiger partial charge in [0.25, 0.3) is 11.8 Å². The molecule has 0 fully saturated rings. The monoisotopic (exact) mass is 428 g/mol. The van der Waals surface area contributed by atoms with Crippen LogP contribution < -0.4 is 40.0 Å².